The van der Waals surface area contributed by atoms with Gasteiger partial charge in [0, 0.05) is 98.5 Å². The second kappa shape index (κ2) is 28.8. The highest BCUT2D eigenvalue weighted by atomic mass is 35.5. The molecule has 3 N–H and O–H groups in total. The molecule has 8 aromatic heterocycles. The van der Waals surface area contributed by atoms with Crippen LogP contribution in [0.1, 0.15) is 73.2 Å². The summed E-state index contributed by atoms with van der Waals surface area (Å²) < 4.78 is 100. The topological polar surface area (TPSA) is 309 Å². The van der Waals surface area contributed by atoms with Crippen molar-refractivity contribution in [1.29, 1.82) is 0 Å². The Morgan fingerprint density at radius 3 is 1.29 bits per heavy atom. The van der Waals surface area contributed by atoms with Gasteiger partial charge in [0.2, 0.25) is 17.2 Å². The largest absolute Gasteiger partial charge is 0.496 e. The van der Waals surface area contributed by atoms with E-state index in [1.165, 1.54) is 46.2 Å². The number of hydrogen-bond acceptors (Lipinski definition) is 25. The molecule has 98 heavy (non-hydrogen) atoms. The van der Waals surface area contributed by atoms with Crippen LogP contribution in [0.3, 0.4) is 0 Å². The summed E-state index contributed by atoms with van der Waals surface area (Å²) in [6, 6.07) is 15.2. The van der Waals surface area contributed by atoms with E-state index < -0.39 is 35.1 Å². The molecule has 25 nitrogen and oxygen atoms in total. The number of aryl methyl sites for hydroxylation is 3. The highest BCUT2D eigenvalue weighted by Crippen LogP contribution is 2.46. The lowest BCUT2D eigenvalue weighted by Gasteiger charge is -2.33. The van der Waals surface area contributed by atoms with Crippen molar-refractivity contribution in [3.05, 3.63) is 118 Å². The van der Waals surface area contributed by atoms with E-state index in [2.05, 4.69) is 46.1 Å². The van der Waals surface area contributed by atoms with Crippen LogP contribution in [-0.2, 0) is 34.2 Å². The van der Waals surface area contributed by atoms with Crippen molar-refractivity contribution >= 4 is 135 Å². The molecule has 10 heterocycles. The summed E-state index contributed by atoms with van der Waals surface area (Å²) in [6.45, 7) is 14.8. The number of carbonyl (C=O) groups is 1. The molecule has 0 spiro atoms. The fourth-order valence-electron chi connectivity index (χ4n) is 11.6. The molecule has 516 valence electrons. The number of amides is 1. The first-order chi connectivity index (χ1) is 46.5. The molecule has 0 atom stereocenters. The number of ether oxygens (including phenoxy) is 4. The minimum atomic E-state index is -3.38. The molecule has 0 aliphatic carbocycles. The molecule has 0 unspecified atom stereocenters. The number of piperidine rings is 2. The van der Waals surface area contributed by atoms with Crippen LogP contribution in [0, 0.1) is 20.8 Å². The van der Waals surface area contributed by atoms with Crippen LogP contribution in [0.15, 0.2) is 113 Å². The van der Waals surface area contributed by atoms with Gasteiger partial charge in [-0.05, 0) is 147 Å². The number of anilines is 4. The third-order valence-electron chi connectivity index (χ3n) is 16.3. The molecule has 3 aromatic carbocycles. The standard InChI is InChI=1S/C28H34N6O5S2.C23H26N6O3S2.C15H13ClN2O3S2/c1-17-24(21-8-7-20(41(6,36)37)13-22(21)38-5)25-23(40-17)15-29-26(32-25)31-18-14-30-34(16-18)19-9-11-33(12-10-19)27(35)39-28(2,3)4;1-14-21(18-5-4-17(34(3,30)31)10-19(18)32-2)22-20(33-14)12-25-23(28-22)27-15-11-26-29(13-15)16-6-8-24-9-7-16;1-8-13(14-12(22-8)7-17-15(16)18-14)10-5-4-9(23(3,19)20)6-11(10)21-2/h7-8,13-16,19H,9-12H2,1-6H3,(H,29,31,32);4-5,10-13,16,24H,6-9H2,1-3H3,(H,25,27,28);4-7H,1-3H3. The molecule has 0 saturated carbocycles. The number of aromatic nitrogens is 10. The zero-order chi connectivity index (χ0) is 70.2. The van der Waals surface area contributed by atoms with Gasteiger partial charge in [0.15, 0.2) is 29.5 Å². The Labute approximate surface area is 584 Å². The van der Waals surface area contributed by atoms with E-state index in [-0.39, 0.29) is 32.1 Å². The average Bonchev–Trinajstić information content (AvgIpc) is 1.58. The Morgan fingerprint density at radius 1 is 0.551 bits per heavy atom. The summed E-state index contributed by atoms with van der Waals surface area (Å²) >= 11 is 10.6. The maximum Gasteiger partial charge on any atom is 0.410 e. The number of sulfone groups is 3. The number of nitrogens with zero attached hydrogens (tertiary/aromatic N) is 11. The SMILES string of the molecule is COc1cc(S(C)(=O)=O)ccc1-c1c(C)sc2cnc(Cl)nc12.COc1cc(S(C)(=O)=O)ccc1-c1c(C)sc2cnc(Nc3cnn(C4CCN(C(=O)OC(C)(C)C)CC4)c3)nc12.COc1cc(S(C)(=O)=O)ccc1-c1c(C)sc2cnc(Nc3cnn(C4CCNCC4)c3)nc12. The van der Waals surface area contributed by atoms with Gasteiger partial charge in [-0.1, -0.05) is 0 Å². The van der Waals surface area contributed by atoms with Gasteiger partial charge < -0.3 is 39.8 Å². The second-order valence-corrected chi connectivity index (χ2v) is 34.7. The van der Waals surface area contributed by atoms with Gasteiger partial charge in [-0.15, -0.1) is 34.0 Å². The molecule has 11 aromatic rings. The van der Waals surface area contributed by atoms with E-state index in [1.54, 1.807) is 118 Å². The predicted molar refractivity (Wildman–Crippen MR) is 385 cm³/mol. The Hall–Kier alpha value is -8.43. The molecule has 2 saturated heterocycles. The summed E-state index contributed by atoms with van der Waals surface area (Å²) in [5.74, 6) is 2.32. The summed E-state index contributed by atoms with van der Waals surface area (Å²) in [5, 5.41) is 19.1. The van der Waals surface area contributed by atoms with Crippen LogP contribution in [0.5, 0.6) is 17.2 Å². The molecule has 2 aliphatic heterocycles. The number of carbonyl (C=O) groups excluding carboxylic acids is 1. The molecule has 2 aliphatic rings. The van der Waals surface area contributed by atoms with Crippen molar-refractivity contribution < 1.29 is 49.0 Å². The Kier molecular flexibility index (Phi) is 20.8. The highest BCUT2D eigenvalue weighted by molar-refractivity contribution is 7.91. The molecule has 13 rings (SSSR count). The van der Waals surface area contributed by atoms with Gasteiger partial charge in [-0.3, -0.25) is 9.36 Å². The second-order valence-electron chi connectivity index (χ2n) is 24.5. The highest BCUT2D eigenvalue weighted by Gasteiger charge is 2.29. The molecule has 0 bridgehead atoms. The number of thiophene rings is 3. The number of methoxy groups -OCH3 is 3. The number of hydrogen-bond donors (Lipinski definition) is 3. The van der Waals surface area contributed by atoms with Crippen LogP contribution in [0.4, 0.5) is 28.1 Å². The van der Waals surface area contributed by atoms with Crippen molar-refractivity contribution in [1.82, 2.24) is 59.7 Å². The van der Waals surface area contributed by atoms with Gasteiger partial charge in [-0.25, -0.2) is 60.0 Å². The Balaban J connectivity index is 0.000000154. The van der Waals surface area contributed by atoms with Crippen molar-refractivity contribution in [3.63, 3.8) is 0 Å². The summed E-state index contributed by atoms with van der Waals surface area (Å²) in [7, 11) is -5.46. The maximum atomic E-state index is 12.4. The molecule has 32 heteroatoms. The van der Waals surface area contributed by atoms with Gasteiger partial charge in [0.1, 0.15) is 22.8 Å². The Bertz CT molecular complexity index is 5170. The van der Waals surface area contributed by atoms with Crippen LogP contribution < -0.4 is 30.2 Å². The molecule has 1 amide bonds. The third kappa shape index (κ3) is 16.0. The normalized spacial score (nSPS) is 14.2. The van der Waals surface area contributed by atoms with Crippen LogP contribution in [-0.4, -0.2) is 158 Å². The number of benzene rings is 3. The zero-order valence-corrected chi connectivity index (χ0v) is 61.4. The van der Waals surface area contributed by atoms with E-state index in [0.29, 0.717) is 48.3 Å². The van der Waals surface area contributed by atoms with Crippen molar-refractivity contribution in [2.75, 3.05) is 76.9 Å². The Morgan fingerprint density at radius 2 is 0.918 bits per heavy atom. The lowest BCUT2D eigenvalue weighted by molar-refractivity contribution is 0.0184. The van der Waals surface area contributed by atoms with E-state index >= 15 is 0 Å². The maximum absolute atomic E-state index is 12.4. The van der Waals surface area contributed by atoms with Gasteiger partial charge >= 0.3 is 6.09 Å². The van der Waals surface area contributed by atoms with E-state index in [0.717, 1.165) is 129 Å². The molecule has 0 radical (unpaired) electrons. The average molecular weight is 1470 g/mol. The number of fused-ring (bicyclic) bond motifs is 3. The summed E-state index contributed by atoms with van der Waals surface area (Å²) in [4.78, 5) is 44.8. The van der Waals surface area contributed by atoms with Crippen LogP contribution >= 0.6 is 45.6 Å². The van der Waals surface area contributed by atoms with Crippen molar-refractivity contribution in [3.8, 4) is 50.6 Å². The molecule has 2 fully saturated rings. The molecular weight excluding hydrogens is 1390 g/mol. The quantitative estimate of drug-likeness (QED) is 0.0803. The fourth-order valence-corrected chi connectivity index (χ4v) is 16.6. The number of likely N-dealkylation sites (tertiary alicyclic amines) is 1. The monoisotopic (exact) mass is 1460 g/mol. The lowest BCUT2D eigenvalue weighted by Crippen LogP contribution is -2.42. The lowest BCUT2D eigenvalue weighted by atomic mass is 10.0. The number of nitrogens with one attached hydrogen (secondary N) is 3. The van der Waals surface area contributed by atoms with E-state index in [1.807, 2.05) is 63.3 Å². The first kappa shape index (κ1) is 70.9. The molecular formula is C66H73ClN14O11S6. The minimum absolute atomic E-state index is 0.168. The first-order valence-electron chi connectivity index (χ1n) is 30.9. The minimum Gasteiger partial charge on any atom is -0.496 e. The van der Waals surface area contributed by atoms with Crippen LogP contribution in [0.25, 0.3) is 64.0 Å². The fraction of sp³-hybridized carbons (Fsp3) is 0.348. The first-order valence-corrected chi connectivity index (χ1v) is 39.4. The smallest absolute Gasteiger partial charge is 0.410 e. The van der Waals surface area contributed by atoms with Gasteiger partial charge in [0.25, 0.3) is 0 Å². The number of halogens is 1. The number of rotatable bonds is 15. The predicted octanol–water partition coefficient (Wildman–Crippen LogP) is 13.3. The van der Waals surface area contributed by atoms with Crippen molar-refractivity contribution in [2.45, 2.75) is 99.6 Å². The van der Waals surface area contributed by atoms with Crippen LogP contribution in [0.2, 0.25) is 5.28 Å². The third-order valence-corrected chi connectivity index (χ3v) is 22.9. The zero-order valence-electron chi connectivity index (χ0n) is 55.8. The van der Waals surface area contributed by atoms with E-state index in [9.17, 15) is 30.0 Å². The van der Waals surface area contributed by atoms with Gasteiger partial charge in [-0.2, -0.15) is 10.2 Å². The summed E-state index contributed by atoms with van der Waals surface area (Å²) in [5.41, 5.74) is 8.34. The van der Waals surface area contributed by atoms with Crippen molar-refractivity contribution in [2.24, 2.45) is 0 Å². The summed E-state index contributed by atoms with van der Waals surface area (Å²) in [6.07, 6.45) is 19.6. The van der Waals surface area contributed by atoms with Gasteiger partial charge in [0.05, 0.1) is 115 Å². The van der Waals surface area contributed by atoms with E-state index in [4.69, 9.17) is 40.5 Å².